The summed E-state index contributed by atoms with van der Waals surface area (Å²) in [4.78, 5) is 0. The second kappa shape index (κ2) is 4.35. The van der Waals surface area contributed by atoms with Crippen LogP contribution in [0.5, 0.6) is 0 Å². The van der Waals surface area contributed by atoms with Crippen LogP contribution in [0.4, 0.5) is 10.1 Å². The Bertz CT molecular complexity index is 506. The lowest BCUT2D eigenvalue weighted by molar-refractivity contribution is 0.628. The van der Waals surface area contributed by atoms with Gasteiger partial charge in [0.1, 0.15) is 5.82 Å². The Labute approximate surface area is 94.9 Å². The van der Waals surface area contributed by atoms with E-state index in [1.807, 2.05) is 24.3 Å². The molecule has 2 heteroatoms. The topological polar surface area (TPSA) is 12.0 Å². The van der Waals surface area contributed by atoms with Gasteiger partial charge in [0.15, 0.2) is 0 Å². The highest BCUT2D eigenvalue weighted by Gasteiger charge is 2.06. The average molecular weight is 215 g/mol. The second-order valence-corrected chi connectivity index (χ2v) is 3.75. The normalized spacial score (nSPS) is 10.2. The SMILES string of the molecule is CNc1cc(F)ccc1-c1ccccc1C. The average Bonchev–Trinajstić information content (AvgIpc) is 2.30. The summed E-state index contributed by atoms with van der Waals surface area (Å²) in [6.45, 7) is 2.05. The van der Waals surface area contributed by atoms with Crippen LogP contribution in [0.3, 0.4) is 0 Å². The lowest BCUT2D eigenvalue weighted by atomic mass is 9.99. The Morgan fingerprint density at radius 1 is 1.00 bits per heavy atom. The van der Waals surface area contributed by atoms with E-state index in [2.05, 4.69) is 18.3 Å². The molecule has 0 aliphatic heterocycles. The molecule has 0 bridgehead atoms. The fourth-order valence-electron chi connectivity index (χ4n) is 1.83. The van der Waals surface area contributed by atoms with Crippen molar-refractivity contribution >= 4 is 5.69 Å². The third-order valence-electron chi connectivity index (χ3n) is 2.69. The molecule has 16 heavy (non-hydrogen) atoms. The fraction of sp³-hybridized carbons (Fsp3) is 0.143. The molecule has 2 aromatic carbocycles. The van der Waals surface area contributed by atoms with Gasteiger partial charge < -0.3 is 5.32 Å². The summed E-state index contributed by atoms with van der Waals surface area (Å²) in [6.07, 6.45) is 0. The maximum atomic E-state index is 13.1. The second-order valence-electron chi connectivity index (χ2n) is 3.75. The Hall–Kier alpha value is -1.83. The van der Waals surface area contributed by atoms with Crippen LogP contribution >= 0.6 is 0 Å². The number of hydrogen-bond acceptors (Lipinski definition) is 1. The minimum atomic E-state index is -0.221. The Kier molecular flexibility index (Phi) is 2.91. The van der Waals surface area contributed by atoms with Gasteiger partial charge in [-0.25, -0.2) is 4.39 Å². The molecule has 0 aromatic heterocycles. The summed E-state index contributed by atoms with van der Waals surface area (Å²) >= 11 is 0. The summed E-state index contributed by atoms with van der Waals surface area (Å²) in [5.41, 5.74) is 4.16. The summed E-state index contributed by atoms with van der Waals surface area (Å²) in [5, 5.41) is 3.02. The minimum absolute atomic E-state index is 0.221. The molecule has 1 N–H and O–H groups in total. The van der Waals surface area contributed by atoms with Crippen LogP contribution in [0, 0.1) is 12.7 Å². The first kappa shape index (κ1) is 10.7. The molecule has 0 heterocycles. The predicted molar refractivity (Wildman–Crippen MR) is 66.1 cm³/mol. The van der Waals surface area contributed by atoms with E-state index in [4.69, 9.17) is 0 Å². The van der Waals surface area contributed by atoms with Gasteiger partial charge in [-0.15, -0.1) is 0 Å². The van der Waals surface area contributed by atoms with Crippen molar-refractivity contribution in [2.75, 3.05) is 12.4 Å². The number of rotatable bonds is 2. The molecule has 1 nitrogen and oxygen atoms in total. The molecule has 0 fully saturated rings. The fourth-order valence-corrected chi connectivity index (χ4v) is 1.83. The molecule has 82 valence electrons. The van der Waals surface area contributed by atoms with Crippen LogP contribution < -0.4 is 5.32 Å². The van der Waals surface area contributed by atoms with Gasteiger partial charge in [0, 0.05) is 18.3 Å². The monoisotopic (exact) mass is 215 g/mol. The third-order valence-corrected chi connectivity index (χ3v) is 2.69. The maximum Gasteiger partial charge on any atom is 0.125 e. The highest BCUT2D eigenvalue weighted by atomic mass is 19.1. The van der Waals surface area contributed by atoms with E-state index >= 15 is 0 Å². The van der Waals surface area contributed by atoms with Gasteiger partial charge in [0.05, 0.1) is 0 Å². The van der Waals surface area contributed by atoms with Crippen molar-refractivity contribution in [3.63, 3.8) is 0 Å². The van der Waals surface area contributed by atoms with Crippen molar-refractivity contribution in [1.29, 1.82) is 0 Å². The number of halogens is 1. The van der Waals surface area contributed by atoms with E-state index in [0.717, 1.165) is 16.8 Å². The zero-order chi connectivity index (χ0) is 11.5. The van der Waals surface area contributed by atoms with E-state index in [-0.39, 0.29) is 5.82 Å². The van der Waals surface area contributed by atoms with Crippen LogP contribution in [0.15, 0.2) is 42.5 Å². The number of aryl methyl sites for hydroxylation is 1. The van der Waals surface area contributed by atoms with Crippen LogP contribution in [-0.2, 0) is 0 Å². The third kappa shape index (κ3) is 1.91. The van der Waals surface area contributed by atoms with Crippen molar-refractivity contribution in [3.8, 4) is 11.1 Å². The lowest BCUT2D eigenvalue weighted by Crippen LogP contribution is -1.94. The summed E-state index contributed by atoms with van der Waals surface area (Å²) < 4.78 is 13.1. The van der Waals surface area contributed by atoms with Crippen LogP contribution in [0.1, 0.15) is 5.56 Å². The summed E-state index contributed by atoms with van der Waals surface area (Å²) in [6, 6.07) is 12.9. The molecule has 0 amide bonds. The molecule has 0 atom stereocenters. The van der Waals surface area contributed by atoms with Crippen molar-refractivity contribution in [1.82, 2.24) is 0 Å². The Morgan fingerprint density at radius 3 is 2.44 bits per heavy atom. The van der Waals surface area contributed by atoms with Crippen LogP contribution in [0.2, 0.25) is 0 Å². The quantitative estimate of drug-likeness (QED) is 0.802. The van der Waals surface area contributed by atoms with Gasteiger partial charge in [-0.3, -0.25) is 0 Å². The number of anilines is 1. The first-order valence-corrected chi connectivity index (χ1v) is 5.25. The molecule has 0 spiro atoms. The zero-order valence-corrected chi connectivity index (χ0v) is 9.42. The molecule has 0 radical (unpaired) electrons. The van der Waals surface area contributed by atoms with Gasteiger partial charge in [0.25, 0.3) is 0 Å². The number of benzene rings is 2. The van der Waals surface area contributed by atoms with E-state index in [9.17, 15) is 4.39 Å². The first-order chi connectivity index (χ1) is 7.72. The van der Waals surface area contributed by atoms with Gasteiger partial charge in [-0.1, -0.05) is 24.3 Å². The summed E-state index contributed by atoms with van der Waals surface area (Å²) in [5.74, 6) is -0.221. The van der Waals surface area contributed by atoms with E-state index in [0.29, 0.717) is 0 Å². The smallest absolute Gasteiger partial charge is 0.125 e. The van der Waals surface area contributed by atoms with Crippen molar-refractivity contribution < 1.29 is 4.39 Å². The largest absolute Gasteiger partial charge is 0.388 e. The van der Waals surface area contributed by atoms with Gasteiger partial charge in [-0.05, 0) is 36.2 Å². The molecule has 0 unspecified atom stereocenters. The molecule has 0 aliphatic rings. The van der Waals surface area contributed by atoms with E-state index < -0.39 is 0 Å². The standard InChI is InChI=1S/C14H14FN/c1-10-5-3-4-6-12(10)13-8-7-11(15)9-14(13)16-2/h3-9,16H,1-2H3. The molecule has 2 rings (SSSR count). The molecular formula is C14H14FN. The van der Waals surface area contributed by atoms with Crippen molar-refractivity contribution in [3.05, 3.63) is 53.8 Å². The Balaban J connectivity index is 2.60. The van der Waals surface area contributed by atoms with Gasteiger partial charge in [-0.2, -0.15) is 0 Å². The molecule has 0 saturated heterocycles. The molecular weight excluding hydrogens is 201 g/mol. The highest BCUT2D eigenvalue weighted by Crippen LogP contribution is 2.30. The van der Waals surface area contributed by atoms with Crippen LogP contribution in [-0.4, -0.2) is 7.05 Å². The van der Waals surface area contributed by atoms with Gasteiger partial charge in [0.2, 0.25) is 0 Å². The lowest BCUT2D eigenvalue weighted by Gasteiger charge is -2.11. The minimum Gasteiger partial charge on any atom is -0.388 e. The number of hydrogen-bond donors (Lipinski definition) is 1. The molecule has 0 aliphatic carbocycles. The first-order valence-electron chi connectivity index (χ1n) is 5.25. The van der Waals surface area contributed by atoms with Crippen LogP contribution in [0.25, 0.3) is 11.1 Å². The van der Waals surface area contributed by atoms with E-state index in [1.54, 1.807) is 7.05 Å². The van der Waals surface area contributed by atoms with E-state index in [1.165, 1.54) is 17.7 Å². The maximum absolute atomic E-state index is 13.1. The predicted octanol–water partition coefficient (Wildman–Crippen LogP) is 3.84. The molecule has 2 aromatic rings. The highest BCUT2D eigenvalue weighted by molar-refractivity contribution is 5.79. The number of nitrogens with one attached hydrogen (secondary N) is 1. The van der Waals surface area contributed by atoms with Crippen molar-refractivity contribution in [2.24, 2.45) is 0 Å². The van der Waals surface area contributed by atoms with Gasteiger partial charge >= 0.3 is 0 Å². The van der Waals surface area contributed by atoms with Crippen molar-refractivity contribution in [2.45, 2.75) is 6.92 Å². The summed E-state index contributed by atoms with van der Waals surface area (Å²) in [7, 11) is 1.80. The Morgan fingerprint density at radius 2 is 1.75 bits per heavy atom. The molecule has 0 saturated carbocycles. The zero-order valence-electron chi connectivity index (χ0n) is 9.42.